The first-order valence-electron chi connectivity index (χ1n) is 21.7. The monoisotopic (exact) mass is 801 g/mol. The highest BCUT2D eigenvalue weighted by molar-refractivity contribution is 6.33. The Morgan fingerprint density at radius 1 is 0.222 bits per heavy atom. The smallest absolute Gasteiger partial charge is 0.0795 e. The summed E-state index contributed by atoms with van der Waals surface area (Å²) in [5.74, 6) is 0. The molecule has 13 rings (SSSR count). The van der Waals surface area contributed by atoms with Crippen LogP contribution in [0, 0.1) is 0 Å². The highest BCUT2D eigenvalue weighted by atomic mass is 15.0. The van der Waals surface area contributed by atoms with Crippen LogP contribution < -0.4 is 0 Å². The molecule has 294 valence electrons. The van der Waals surface area contributed by atoms with E-state index >= 15 is 0 Å². The van der Waals surface area contributed by atoms with E-state index in [1.54, 1.807) is 0 Å². The van der Waals surface area contributed by atoms with E-state index in [1.807, 2.05) is 0 Å². The van der Waals surface area contributed by atoms with Gasteiger partial charge in [0.25, 0.3) is 0 Å². The van der Waals surface area contributed by atoms with E-state index < -0.39 is 0 Å². The third-order valence-corrected chi connectivity index (χ3v) is 13.0. The quantitative estimate of drug-likeness (QED) is 0.159. The zero-order valence-electron chi connectivity index (χ0n) is 34.4. The lowest BCUT2D eigenvalue weighted by Crippen LogP contribution is -2.00. The van der Waals surface area contributed by atoms with Crippen LogP contribution in [0.1, 0.15) is 0 Å². The maximum atomic E-state index is 2.51. The predicted octanol–water partition coefficient (Wildman–Crippen LogP) is 16.0. The molecule has 63 heavy (non-hydrogen) atoms. The van der Waals surface area contributed by atoms with Crippen LogP contribution in [0.4, 0.5) is 0 Å². The molecule has 0 bridgehead atoms. The standard InChI is InChI=1S/C60H39N3/c1-5-19-40(20-6-1)41-33-35-42(36-34-41)55-56(43-37-38-54-50(39-43)47-27-13-16-30-51(47)61(54)44-21-7-2-8-22-44)58-49-29-15-18-32-53(49)63(46-25-11-4-12-26-46)60(58)59-57(55)48-28-14-17-31-52(48)62(59)45-23-9-3-10-24-45/h1-39H. The highest BCUT2D eigenvalue weighted by Gasteiger charge is 2.29. The minimum atomic E-state index is 1.13. The van der Waals surface area contributed by atoms with E-state index in [0.717, 1.165) is 17.1 Å². The average Bonchev–Trinajstić information content (AvgIpc) is 4.01. The Morgan fingerprint density at radius 3 is 1.10 bits per heavy atom. The van der Waals surface area contributed by atoms with E-state index in [9.17, 15) is 0 Å². The number of nitrogens with zero attached hydrogens (tertiary/aromatic N) is 3. The van der Waals surface area contributed by atoms with Gasteiger partial charge in [-0.05, 0) is 89.0 Å². The predicted molar refractivity (Wildman–Crippen MR) is 266 cm³/mol. The van der Waals surface area contributed by atoms with E-state index in [0.29, 0.717) is 0 Å². The van der Waals surface area contributed by atoms with E-state index in [1.165, 1.54) is 98.8 Å². The van der Waals surface area contributed by atoms with Crippen LogP contribution >= 0.6 is 0 Å². The van der Waals surface area contributed by atoms with Crippen LogP contribution in [0.15, 0.2) is 237 Å². The molecular formula is C60H39N3. The van der Waals surface area contributed by atoms with Gasteiger partial charge in [0.1, 0.15) is 0 Å². The molecule has 0 N–H and O–H groups in total. The zero-order valence-corrected chi connectivity index (χ0v) is 34.4. The molecule has 3 heteroatoms. The molecule has 0 aliphatic carbocycles. The second kappa shape index (κ2) is 14.1. The minimum absolute atomic E-state index is 1.13. The lowest BCUT2D eigenvalue weighted by atomic mass is 9.86. The van der Waals surface area contributed by atoms with Gasteiger partial charge in [-0.3, -0.25) is 0 Å². The maximum absolute atomic E-state index is 2.51. The van der Waals surface area contributed by atoms with E-state index in [-0.39, 0.29) is 0 Å². The number of hydrogen-bond donors (Lipinski definition) is 0. The summed E-state index contributed by atoms with van der Waals surface area (Å²) in [5, 5.41) is 7.35. The normalized spacial score (nSPS) is 11.8. The Labute approximate surface area is 364 Å². The number of hydrogen-bond acceptors (Lipinski definition) is 0. The zero-order chi connectivity index (χ0) is 41.4. The molecule has 3 heterocycles. The molecule has 0 atom stereocenters. The van der Waals surface area contributed by atoms with Crippen molar-refractivity contribution < 1.29 is 0 Å². The van der Waals surface area contributed by atoms with Crippen LogP contribution in [0.5, 0.6) is 0 Å². The van der Waals surface area contributed by atoms with Crippen molar-refractivity contribution in [3.05, 3.63) is 237 Å². The number of fused-ring (bicyclic) bond motifs is 10. The molecule has 0 saturated heterocycles. The lowest BCUT2D eigenvalue weighted by Gasteiger charge is -2.19. The highest BCUT2D eigenvalue weighted by Crippen LogP contribution is 2.53. The van der Waals surface area contributed by atoms with Crippen LogP contribution in [0.3, 0.4) is 0 Å². The Hall–Kier alpha value is -8.40. The molecule has 10 aromatic carbocycles. The summed E-state index contributed by atoms with van der Waals surface area (Å²) >= 11 is 0. The van der Waals surface area contributed by atoms with Gasteiger partial charge in [-0.2, -0.15) is 0 Å². The maximum Gasteiger partial charge on any atom is 0.0795 e. The Balaban J connectivity index is 1.27. The summed E-state index contributed by atoms with van der Waals surface area (Å²) in [4.78, 5) is 0. The average molecular weight is 802 g/mol. The van der Waals surface area contributed by atoms with Crippen molar-refractivity contribution in [3.63, 3.8) is 0 Å². The summed E-state index contributed by atoms with van der Waals surface area (Å²) in [5.41, 5.74) is 17.7. The van der Waals surface area contributed by atoms with Gasteiger partial charge in [0, 0.05) is 60.5 Å². The molecule has 0 radical (unpaired) electrons. The topological polar surface area (TPSA) is 14.8 Å². The molecule has 0 aliphatic heterocycles. The van der Waals surface area contributed by atoms with Gasteiger partial charge in [0.15, 0.2) is 0 Å². The number of benzene rings is 10. The van der Waals surface area contributed by atoms with Crippen LogP contribution in [-0.2, 0) is 0 Å². The molecule has 0 aliphatic rings. The fourth-order valence-corrected chi connectivity index (χ4v) is 10.4. The molecule has 3 nitrogen and oxygen atoms in total. The summed E-state index contributed by atoms with van der Waals surface area (Å²) in [6.45, 7) is 0. The third-order valence-electron chi connectivity index (χ3n) is 13.0. The molecule has 3 aromatic heterocycles. The SMILES string of the molecule is c1ccc(-c2ccc(-c3c(-c4ccc5c(c4)c4ccccc4n5-c4ccccc4)c4c5ccccc5n(-c5ccccc5)c4c4c3c3ccccc3n4-c3ccccc3)cc2)cc1. The molecule has 13 aromatic rings. The van der Waals surface area contributed by atoms with Crippen LogP contribution in [0.25, 0.3) is 116 Å². The van der Waals surface area contributed by atoms with Gasteiger partial charge in [0.05, 0.1) is 33.1 Å². The molecule has 0 fully saturated rings. The van der Waals surface area contributed by atoms with Crippen LogP contribution in [-0.4, -0.2) is 13.7 Å². The summed E-state index contributed by atoms with van der Waals surface area (Å²) < 4.78 is 7.43. The van der Waals surface area contributed by atoms with Gasteiger partial charge >= 0.3 is 0 Å². The largest absolute Gasteiger partial charge is 0.309 e. The van der Waals surface area contributed by atoms with Crippen molar-refractivity contribution in [2.24, 2.45) is 0 Å². The first kappa shape index (κ1) is 35.4. The van der Waals surface area contributed by atoms with Crippen molar-refractivity contribution in [1.82, 2.24) is 13.7 Å². The minimum Gasteiger partial charge on any atom is -0.309 e. The lowest BCUT2D eigenvalue weighted by molar-refractivity contribution is 1.15. The summed E-state index contributed by atoms with van der Waals surface area (Å²) in [6.07, 6.45) is 0. The number of aromatic nitrogens is 3. The number of para-hydroxylation sites is 6. The summed E-state index contributed by atoms with van der Waals surface area (Å²) in [7, 11) is 0. The van der Waals surface area contributed by atoms with E-state index in [4.69, 9.17) is 0 Å². The van der Waals surface area contributed by atoms with Gasteiger partial charge < -0.3 is 13.7 Å². The Kier molecular flexibility index (Phi) is 7.91. The van der Waals surface area contributed by atoms with Crippen molar-refractivity contribution in [3.8, 4) is 50.4 Å². The second-order valence-electron chi connectivity index (χ2n) is 16.4. The third kappa shape index (κ3) is 5.33. The first-order valence-corrected chi connectivity index (χ1v) is 21.7. The van der Waals surface area contributed by atoms with Gasteiger partial charge in [-0.15, -0.1) is 0 Å². The molecular weight excluding hydrogens is 763 g/mol. The Morgan fingerprint density at radius 2 is 0.571 bits per heavy atom. The second-order valence-corrected chi connectivity index (χ2v) is 16.4. The van der Waals surface area contributed by atoms with Crippen molar-refractivity contribution in [2.45, 2.75) is 0 Å². The Bertz CT molecular complexity index is 3860. The van der Waals surface area contributed by atoms with Gasteiger partial charge in [-0.25, -0.2) is 0 Å². The van der Waals surface area contributed by atoms with Gasteiger partial charge in [0.2, 0.25) is 0 Å². The number of rotatable bonds is 6. The molecule has 0 spiro atoms. The molecule has 0 unspecified atom stereocenters. The van der Waals surface area contributed by atoms with Crippen molar-refractivity contribution in [2.75, 3.05) is 0 Å². The van der Waals surface area contributed by atoms with Crippen molar-refractivity contribution >= 4 is 65.4 Å². The van der Waals surface area contributed by atoms with E-state index in [2.05, 4.69) is 250 Å². The van der Waals surface area contributed by atoms with Crippen LogP contribution in [0.2, 0.25) is 0 Å². The summed E-state index contributed by atoms with van der Waals surface area (Å²) in [6, 6.07) is 86.5. The first-order chi connectivity index (χ1) is 31.3. The van der Waals surface area contributed by atoms with Gasteiger partial charge in [-0.1, -0.05) is 170 Å². The fraction of sp³-hybridized carbons (Fsp3) is 0. The molecule has 0 amide bonds. The fourth-order valence-electron chi connectivity index (χ4n) is 10.4. The van der Waals surface area contributed by atoms with Crippen molar-refractivity contribution in [1.29, 1.82) is 0 Å². The molecule has 0 saturated carbocycles.